The van der Waals surface area contributed by atoms with Crippen LogP contribution < -0.4 is 19.9 Å². The summed E-state index contributed by atoms with van der Waals surface area (Å²) in [4.78, 5) is 29.4. The zero-order valence-corrected chi connectivity index (χ0v) is 24.1. The van der Waals surface area contributed by atoms with E-state index in [2.05, 4.69) is 64.5 Å². The minimum absolute atomic E-state index is 0.0637. The number of benzene rings is 2. The summed E-state index contributed by atoms with van der Waals surface area (Å²) in [5.41, 5.74) is 4.58. The number of carbonyl (C=O) groups is 1. The molecule has 4 aliphatic rings. The van der Waals surface area contributed by atoms with Gasteiger partial charge < -0.3 is 29.5 Å². The molecule has 3 saturated heterocycles. The molecule has 3 aromatic rings. The molecule has 0 radical (unpaired) electrons. The average Bonchev–Trinajstić information content (AvgIpc) is 3.74. The molecule has 7 rings (SSSR count). The average molecular weight is 568 g/mol. The maximum atomic E-state index is 12.9. The van der Waals surface area contributed by atoms with E-state index in [0.29, 0.717) is 45.2 Å². The molecule has 1 N–H and O–H groups in total. The number of piperazine rings is 1. The van der Waals surface area contributed by atoms with Crippen molar-refractivity contribution in [3.8, 4) is 12.1 Å². The summed E-state index contributed by atoms with van der Waals surface area (Å²) in [6, 6.07) is 15.3. The highest BCUT2D eigenvalue weighted by atomic mass is 16.5. The normalized spacial score (nSPS) is 23.5. The Hall–Kier alpha value is -3.94. The summed E-state index contributed by atoms with van der Waals surface area (Å²) in [6.07, 6.45) is 3.18. The first-order chi connectivity index (χ1) is 20.6. The minimum atomic E-state index is -0.181. The van der Waals surface area contributed by atoms with Gasteiger partial charge in [-0.1, -0.05) is 30.3 Å². The molecule has 3 atom stereocenters. The van der Waals surface area contributed by atoms with Crippen LogP contribution in [0.5, 0.6) is 6.01 Å². The number of nitriles is 1. The van der Waals surface area contributed by atoms with Crippen LogP contribution in [0.3, 0.4) is 0 Å². The van der Waals surface area contributed by atoms with Gasteiger partial charge in [-0.2, -0.15) is 15.2 Å². The van der Waals surface area contributed by atoms with Gasteiger partial charge in [-0.25, -0.2) is 0 Å². The van der Waals surface area contributed by atoms with E-state index in [-0.39, 0.29) is 24.1 Å². The van der Waals surface area contributed by atoms with E-state index >= 15 is 0 Å². The van der Waals surface area contributed by atoms with Crippen molar-refractivity contribution in [1.29, 1.82) is 5.26 Å². The molecule has 0 aliphatic carbocycles. The van der Waals surface area contributed by atoms with Gasteiger partial charge in [-0.15, -0.1) is 0 Å². The molecule has 4 aliphatic heterocycles. The molecule has 0 spiro atoms. The van der Waals surface area contributed by atoms with E-state index in [1.165, 1.54) is 22.0 Å². The Morgan fingerprint density at radius 3 is 2.81 bits per heavy atom. The van der Waals surface area contributed by atoms with Crippen LogP contribution in [0, 0.1) is 18.3 Å². The van der Waals surface area contributed by atoms with Crippen LogP contribution in [-0.4, -0.2) is 84.9 Å². The second kappa shape index (κ2) is 11.4. The molecule has 3 fully saturated rings. The summed E-state index contributed by atoms with van der Waals surface area (Å²) in [6.45, 7) is 7.37. The van der Waals surface area contributed by atoms with E-state index in [0.717, 1.165) is 56.0 Å². The van der Waals surface area contributed by atoms with E-state index in [9.17, 15) is 10.1 Å². The number of aromatic nitrogens is 2. The van der Waals surface area contributed by atoms with Crippen molar-refractivity contribution in [1.82, 2.24) is 20.2 Å². The lowest BCUT2D eigenvalue weighted by atomic mass is 9.99. The third-order valence-electron chi connectivity index (χ3n) is 8.98. The number of rotatable bonds is 7. The van der Waals surface area contributed by atoms with Crippen molar-refractivity contribution in [2.45, 2.75) is 57.3 Å². The molecular formula is C32H37N7O3. The van der Waals surface area contributed by atoms with Crippen LogP contribution in [0.25, 0.3) is 10.8 Å². The quantitative estimate of drug-likeness (QED) is 0.430. The predicted octanol–water partition coefficient (Wildman–Crippen LogP) is 2.96. The summed E-state index contributed by atoms with van der Waals surface area (Å²) < 4.78 is 12.0. The zero-order valence-electron chi connectivity index (χ0n) is 24.1. The van der Waals surface area contributed by atoms with Gasteiger partial charge in [0.2, 0.25) is 5.91 Å². The fourth-order valence-electron chi connectivity index (χ4n) is 6.68. The molecule has 0 saturated carbocycles. The first-order valence-corrected chi connectivity index (χ1v) is 15.1. The Kier molecular flexibility index (Phi) is 7.30. The van der Waals surface area contributed by atoms with Crippen LogP contribution in [0.1, 0.15) is 36.1 Å². The molecule has 1 amide bonds. The van der Waals surface area contributed by atoms with E-state index in [4.69, 9.17) is 19.4 Å². The Morgan fingerprint density at radius 1 is 1.17 bits per heavy atom. The Morgan fingerprint density at radius 2 is 2.02 bits per heavy atom. The Labute approximate surface area is 246 Å². The fourth-order valence-corrected chi connectivity index (χ4v) is 6.68. The molecule has 1 aromatic heterocycles. The number of nitrogens with zero attached hydrogens (tertiary/aromatic N) is 6. The molecule has 218 valence electrons. The predicted molar refractivity (Wildman–Crippen MR) is 160 cm³/mol. The van der Waals surface area contributed by atoms with Crippen molar-refractivity contribution in [3.63, 3.8) is 0 Å². The van der Waals surface area contributed by atoms with Crippen LogP contribution in [-0.2, 0) is 22.5 Å². The topological polar surface area (TPSA) is 117 Å². The molecule has 10 heteroatoms. The number of ether oxygens (including phenoxy) is 2. The maximum Gasteiger partial charge on any atom is 0.318 e. The molecule has 10 nitrogen and oxygen atoms in total. The lowest BCUT2D eigenvalue weighted by Crippen LogP contribution is -2.57. The standard InChI is InChI=1S/C32H37N7O3/c1-21-5-2-6-22-7-3-9-28(29(21)22)37-13-11-25-27(19-37)35-32(42-20-24-8-4-16-41-24)36-30(25)38-14-15-39(23(18-38)10-12-33)31(40)26-17-34-26/h2-3,5-7,9,23-24,26,34H,4,8,10-11,13-20H2,1H3/t23-,24+,26-/m0/s1. The van der Waals surface area contributed by atoms with E-state index < -0.39 is 0 Å². The summed E-state index contributed by atoms with van der Waals surface area (Å²) >= 11 is 0. The number of nitrogens with one attached hydrogen (secondary N) is 1. The fraction of sp³-hybridized carbons (Fsp3) is 0.500. The van der Waals surface area contributed by atoms with E-state index in [1.54, 1.807) is 0 Å². The number of anilines is 2. The van der Waals surface area contributed by atoms with Crippen LogP contribution in [0.4, 0.5) is 11.5 Å². The van der Waals surface area contributed by atoms with E-state index in [1.807, 2.05) is 4.90 Å². The van der Waals surface area contributed by atoms with Crippen molar-refractivity contribution in [2.75, 3.05) is 55.7 Å². The highest BCUT2D eigenvalue weighted by Crippen LogP contribution is 2.36. The van der Waals surface area contributed by atoms with Crippen molar-refractivity contribution < 1.29 is 14.3 Å². The maximum absolute atomic E-state index is 12.9. The summed E-state index contributed by atoms with van der Waals surface area (Å²) in [5.74, 6) is 0.969. The van der Waals surface area contributed by atoms with Gasteiger partial charge in [0.15, 0.2) is 0 Å². The largest absolute Gasteiger partial charge is 0.461 e. The van der Waals surface area contributed by atoms with Gasteiger partial charge in [-0.3, -0.25) is 4.79 Å². The second-order valence-electron chi connectivity index (χ2n) is 11.8. The van der Waals surface area contributed by atoms with Gasteiger partial charge in [0.05, 0.1) is 42.9 Å². The van der Waals surface area contributed by atoms with Crippen molar-refractivity contribution in [2.24, 2.45) is 0 Å². The smallest absolute Gasteiger partial charge is 0.318 e. The SMILES string of the molecule is Cc1cccc2cccc(N3CCc4c(nc(OC[C@H]5CCCO5)nc4N4CCN(C(=O)[C@@H]5CN5)[C@@H](CC#N)C4)C3)c12. The molecule has 5 heterocycles. The third kappa shape index (κ3) is 5.23. The molecule has 42 heavy (non-hydrogen) atoms. The van der Waals surface area contributed by atoms with Crippen molar-refractivity contribution in [3.05, 3.63) is 53.2 Å². The van der Waals surface area contributed by atoms with Gasteiger partial charge >= 0.3 is 6.01 Å². The number of hydrogen-bond donors (Lipinski definition) is 1. The third-order valence-corrected chi connectivity index (χ3v) is 8.98. The van der Waals surface area contributed by atoms with Gasteiger partial charge in [0.1, 0.15) is 12.4 Å². The first-order valence-electron chi connectivity index (χ1n) is 15.1. The van der Waals surface area contributed by atoms with Crippen LogP contribution in [0.15, 0.2) is 36.4 Å². The minimum Gasteiger partial charge on any atom is -0.461 e. The number of fused-ring (bicyclic) bond motifs is 2. The monoisotopic (exact) mass is 567 g/mol. The first kappa shape index (κ1) is 26.9. The van der Waals surface area contributed by atoms with Gasteiger partial charge in [0, 0.05) is 56.0 Å². The molecule has 2 aromatic carbocycles. The van der Waals surface area contributed by atoms with Crippen molar-refractivity contribution >= 4 is 28.2 Å². The second-order valence-corrected chi connectivity index (χ2v) is 11.8. The summed E-state index contributed by atoms with van der Waals surface area (Å²) in [7, 11) is 0. The van der Waals surface area contributed by atoms with Crippen LogP contribution >= 0.6 is 0 Å². The lowest BCUT2D eigenvalue weighted by Gasteiger charge is -2.42. The number of amides is 1. The molecular weight excluding hydrogens is 530 g/mol. The molecule has 0 unspecified atom stereocenters. The number of aryl methyl sites for hydroxylation is 1. The molecule has 0 bridgehead atoms. The van der Waals surface area contributed by atoms with Crippen LogP contribution in [0.2, 0.25) is 0 Å². The van der Waals surface area contributed by atoms with Gasteiger partial charge in [0.25, 0.3) is 0 Å². The highest BCUT2D eigenvalue weighted by molar-refractivity contribution is 5.97. The Bertz CT molecular complexity index is 1520. The summed E-state index contributed by atoms with van der Waals surface area (Å²) in [5, 5.41) is 15.2. The van der Waals surface area contributed by atoms with Gasteiger partial charge in [-0.05, 0) is 43.2 Å². The zero-order chi connectivity index (χ0) is 28.6. The number of carbonyl (C=O) groups excluding carboxylic acids is 1. The lowest BCUT2D eigenvalue weighted by molar-refractivity contribution is -0.133. The Balaban J connectivity index is 1.21. The highest BCUT2D eigenvalue weighted by Gasteiger charge is 2.39. The number of hydrogen-bond acceptors (Lipinski definition) is 9.